The molecule has 0 aliphatic carbocycles. The van der Waals surface area contributed by atoms with E-state index in [0.29, 0.717) is 33.5 Å². The van der Waals surface area contributed by atoms with Gasteiger partial charge in [-0.15, -0.1) is 0 Å². The molecule has 0 spiro atoms. The van der Waals surface area contributed by atoms with Gasteiger partial charge in [0.2, 0.25) is 15.9 Å². The number of amides is 1. The lowest BCUT2D eigenvalue weighted by Crippen LogP contribution is -2.37. The molecule has 196 valence electrons. The lowest BCUT2D eigenvalue weighted by atomic mass is 10.2. The van der Waals surface area contributed by atoms with Gasteiger partial charge in [0.05, 0.1) is 29.3 Å². The molecule has 0 saturated heterocycles. The van der Waals surface area contributed by atoms with Crippen LogP contribution in [0.3, 0.4) is 0 Å². The zero-order chi connectivity index (χ0) is 27.1. The Balaban J connectivity index is 1.61. The fourth-order valence-corrected chi connectivity index (χ4v) is 5.53. The number of carbonyl (C=O) groups is 1. The molecule has 0 heterocycles. The number of carbonyl (C=O) groups excluding carboxylic acids is 1. The van der Waals surface area contributed by atoms with E-state index >= 15 is 0 Å². The molecule has 0 saturated carbocycles. The summed E-state index contributed by atoms with van der Waals surface area (Å²) in [5.41, 5.74) is 1.01. The standard InChI is InChI=1S/C28H24Cl2N2O5S/c1-36-26-15-13-23(17-24(26)30)38(34,35)32(18-20-8-4-2-5-9-20)19-28(33)31-25-16-21(29)12-14-27(25)37-22-10-6-3-7-11-22/h2-17H,18-19H2,1H3,(H,31,33). The molecule has 7 nitrogen and oxygen atoms in total. The molecule has 10 heteroatoms. The number of para-hydroxylation sites is 1. The quantitative estimate of drug-likeness (QED) is 0.231. The minimum absolute atomic E-state index is 0.0385. The summed E-state index contributed by atoms with van der Waals surface area (Å²) in [6, 6.07) is 27.0. The van der Waals surface area contributed by atoms with Crippen molar-refractivity contribution in [3.8, 4) is 17.2 Å². The van der Waals surface area contributed by atoms with E-state index in [1.165, 1.54) is 31.4 Å². The lowest BCUT2D eigenvalue weighted by molar-refractivity contribution is -0.116. The normalized spacial score (nSPS) is 11.3. The van der Waals surface area contributed by atoms with Crippen molar-refractivity contribution in [1.29, 1.82) is 0 Å². The van der Waals surface area contributed by atoms with Gasteiger partial charge in [-0.1, -0.05) is 71.7 Å². The minimum Gasteiger partial charge on any atom is -0.495 e. The minimum atomic E-state index is -4.13. The number of benzene rings is 4. The maximum atomic E-state index is 13.6. The summed E-state index contributed by atoms with van der Waals surface area (Å²) >= 11 is 12.4. The fraction of sp³-hybridized carbons (Fsp3) is 0.107. The van der Waals surface area contributed by atoms with Gasteiger partial charge in [-0.3, -0.25) is 4.79 Å². The van der Waals surface area contributed by atoms with Crippen LogP contribution in [0.25, 0.3) is 0 Å². The highest BCUT2D eigenvalue weighted by atomic mass is 35.5. The van der Waals surface area contributed by atoms with Crippen molar-refractivity contribution in [2.75, 3.05) is 19.0 Å². The predicted molar refractivity (Wildman–Crippen MR) is 149 cm³/mol. The molecule has 0 aliphatic heterocycles. The zero-order valence-corrected chi connectivity index (χ0v) is 22.6. The van der Waals surface area contributed by atoms with Gasteiger partial charge in [0.25, 0.3) is 0 Å². The third-order valence-electron chi connectivity index (χ3n) is 5.47. The molecule has 0 atom stereocenters. The molecule has 38 heavy (non-hydrogen) atoms. The highest BCUT2D eigenvalue weighted by Crippen LogP contribution is 2.33. The van der Waals surface area contributed by atoms with Gasteiger partial charge in [0.1, 0.15) is 11.5 Å². The van der Waals surface area contributed by atoms with Crippen molar-refractivity contribution in [3.05, 3.63) is 113 Å². The Labute approximate surface area is 231 Å². The average molecular weight is 571 g/mol. The summed E-state index contributed by atoms with van der Waals surface area (Å²) in [6.45, 7) is -0.513. The van der Waals surface area contributed by atoms with E-state index in [2.05, 4.69) is 5.32 Å². The maximum Gasteiger partial charge on any atom is 0.243 e. The average Bonchev–Trinajstić information content (AvgIpc) is 2.91. The molecule has 1 amide bonds. The number of hydrogen-bond donors (Lipinski definition) is 1. The Bertz CT molecular complexity index is 1520. The number of hydrogen-bond acceptors (Lipinski definition) is 5. The van der Waals surface area contributed by atoms with E-state index in [9.17, 15) is 13.2 Å². The van der Waals surface area contributed by atoms with Gasteiger partial charge in [0.15, 0.2) is 5.75 Å². The second-order valence-corrected chi connectivity index (χ2v) is 10.9. The Morgan fingerprint density at radius 3 is 2.18 bits per heavy atom. The summed E-state index contributed by atoms with van der Waals surface area (Å²) < 4.78 is 39.4. The Kier molecular flexibility index (Phi) is 8.91. The van der Waals surface area contributed by atoms with Crippen molar-refractivity contribution in [2.24, 2.45) is 0 Å². The molecule has 0 radical (unpaired) electrons. The highest BCUT2D eigenvalue weighted by molar-refractivity contribution is 7.89. The maximum absolute atomic E-state index is 13.6. The summed E-state index contributed by atoms with van der Waals surface area (Å²) in [4.78, 5) is 13.1. The fourth-order valence-electron chi connectivity index (χ4n) is 3.62. The molecule has 4 aromatic carbocycles. The topological polar surface area (TPSA) is 84.9 Å². The van der Waals surface area contributed by atoms with Crippen LogP contribution < -0.4 is 14.8 Å². The molecule has 0 aromatic heterocycles. The van der Waals surface area contributed by atoms with Crippen LogP contribution in [0.1, 0.15) is 5.56 Å². The molecule has 0 bridgehead atoms. The van der Waals surface area contributed by atoms with Crippen LogP contribution in [0.5, 0.6) is 17.2 Å². The lowest BCUT2D eigenvalue weighted by Gasteiger charge is -2.23. The van der Waals surface area contributed by atoms with E-state index in [1.807, 2.05) is 24.3 Å². The summed E-state index contributed by atoms with van der Waals surface area (Å²) in [5.74, 6) is 0.678. The van der Waals surface area contributed by atoms with Gasteiger partial charge in [0, 0.05) is 11.6 Å². The molecule has 0 fully saturated rings. The Morgan fingerprint density at radius 2 is 1.53 bits per heavy atom. The second kappa shape index (κ2) is 12.3. The van der Waals surface area contributed by atoms with E-state index < -0.39 is 22.5 Å². The molecule has 0 aliphatic rings. The van der Waals surface area contributed by atoms with Crippen molar-refractivity contribution in [1.82, 2.24) is 4.31 Å². The number of methoxy groups -OCH3 is 1. The monoisotopic (exact) mass is 570 g/mol. The second-order valence-electron chi connectivity index (χ2n) is 8.16. The zero-order valence-electron chi connectivity index (χ0n) is 20.3. The van der Waals surface area contributed by atoms with Crippen molar-refractivity contribution in [2.45, 2.75) is 11.4 Å². The summed E-state index contributed by atoms with van der Waals surface area (Å²) in [5, 5.41) is 3.26. The van der Waals surface area contributed by atoms with Gasteiger partial charge >= 0.3 is 0 Å². The van der Waals surface area contributed by atoms with Gasteiger partial charge in [-0.25, -0.2) is 8.42 Å². The number of rotatable bonds is 10. The predicted octanol–water partition coefficient (Wildman–Crippen LogP) is 6.62. The Hall–Kier alpha value is -3.56. The van der Waals surface area contributed by atoms with Gasteiger partial charge in [-0.2, -0.15) is 4.31 Å². The summed E-state index contributed by atoms with van der Waals surface area (Å²) in [6.07, 6.45) is 0. The van der Waals surface area contributed by atoms with Crippen LogP contribution in [0.4, 0.5) is 5.69 Å². The number of nitrogens with one attached hydrogen (secondary N) is 1. The largest absolute Gasteiger partial charge is 0.495 e. The van der Waals surface area contributed by atoms with E-state index in [1.54, 1.807) is 48.5 Å². The van der Waals surface area contributed by atoms with Crippen LogP contribution in [0.15, 0.2) is 102 Å². The molecule has 4 aromatic rings. The molecule has 4 rings (SSSR count). The smallest absolute Gasteiger partial charge is 0.243 e. The van der Waals surface area contributed by atoms with Crippen LogP contribution in [0, 0.1) is 0 Å². The van der Waals surface area contributed by atoms with Crippen molar-refractivity contribution in [3.63, 3.8) is 0 Å². The highest BCUT2D eigenvalue weighted by Gasteiger charge is 2.28. The van der Waals surface area contributed by atoms with E-state index in [0.717, 1.165) is 4.31 Å². The van der Waals surface area contributed by atoms with Crippen LogP contribution in [0.2, 0.25) is 10.0 Å². The van der Waals surface area contributed by atoms with Crippen LogP contribution in [-0.4, -0.2) is 32.3 Å². The van der Waals surface area contributed by atoms with Gasteiger partial charge in [-0.05, 0) is 54.1 Å². The first-order valence-electron chi connectivity index (χ1n) is 11.5. The number of anilines is 1. The number of ether oxygens (including phenoxy) is 2. The van der Waals surface area contributed by atoms with E-state index in [4.69, 9.17) is 32.7 Å². The molecular weight excluding hydrogens is 547 g/mol. The molecular formula is C28H24Cl2N2O5S. The van der Waals surface area contributed by atoms with Crippen molar-refractivity contribution >= 4 is 44.8 Å². The number of nitrogens with zero attached hydrogens (tertiary/aromatic N) is 1. The van der Waals surface area contributed by atoms with Crippen molar-refractivity contribution < 1.29 is 22.7 Å². The molecule has 1 N–H and O–H groups in total. The first kappa shape index (κ1) is 27.5. The number of halogens is 2. The first-order chi connectivity index (χ1) is 18.3. The van der Waals surface area contributed by atoms with Crippen LogP contribution >= 0.6 is 23.2 Å². The third-order valence-corrected chi connectivity index (χ3v) is 7.79. The van der Waals surface area contributed by atoms with Gasteiger partial charge < -0.3 is 14.8 Å². The van der Waals surface area contributed by atoms with Crippen LogP contribution in [-0.2, 0) is 21.4 Å². The Morgan fingerprint density at radius 1 is 0.868 bits per heavy atom. The van der Waals surface area contributed by atoms with E-state index in [-0.39, 0.29) is 16.5 Å². The number of sulfonamides is 1. The third kappa shape index (κ3) is 6.85. The first-order valence-corrected chi connectivity index (χ1v) is 13.7. The summed E-state index contributed by atoms with van der Waals surface area (Å²) in [7, 11) is -2.69. The SMILES string of the molecule is COc1ccc(S(=O)(=O)N(CC(=O)Nc2cc(Cl)ccc2Oc2ccccc2)Cc2ccccc2)cc1Cl. The molecule has 0 unspecified atom stereocenters.